The molecule has 1 unspecified atom stereocenters. The zero-order valence-electron chi connectivity index (χ0n) is 8.30. The van der Waals surface area contributed by atoms with Crippen LogP contribution in [0.4, 0.5) is 0 Å². The summed E-state index contributed by atoms with van der Waals surface area (Å²) >= 11 is 0. The molecule has 0 aliphatic heterocycles. The first kappa shape index (κ1) is 8.68. The van der Waals surface area contributed by atoms with E-state index in [2.05, 4.69) is 11.2 Å². The van der Waals surface area contributed by atoms with E-state index in [0.717, 1.165) is 24.1 Å². The van der Waals surface area contributed by atoms with Crippen molar-refractivity contribution in [2.24, 2.45) is 0 Å². The van der Waals surface area contributed by atoms with Crippen LogP contribution in [0.1, 0.15) is 23.7 Å². The van der Waals surface area contributed by atoms with Crippen LogP contribution in [-0.4, -0.2) is 14.9 Å². The maximum Gasteiger partial charge on any atom is 0.0795 e. The van der Waals surface area contributed by atoms with Gasteiger partial charge in [-0.1, -0.05) is 6.07 Å². The topological polar surface area (TPSA) is 38.0 Å². The zero-order chi connectivity index (χ0) is 10.3. The van der Waals surface area contributed by atoms with Gasteiger partial charge in [0.05, 0.1) is 11.8 Å². The summed E-state index contributed by atoms with van der Waals surface area (Å²) in [6.07, 6.45) is 5.23. The molecule has 0 spiro atoms. The van der Waals surface area contributed by atoms with Crippen LogP contribution >= 0.6 is 0 Å². The maximum absolute atomic E-state index is 9.68. The molecule has 1 atom stereocenters. The Morgan fingerprint density at radius 3 is 3.13 bits per heavy atom. The molecule has 0 amide bonds. The molecular formula is C12H12N2O. The number of hydrogen-bond acceptors (Lipinski definition) is 2. The lowest BCUT2D eigenvalue weighted by atomic mass is 10.1. The number of rotatable bonds is 1. The van der Waals surface area contributed by atoms with Crippen molar-refractivity contribution in [2.75, 3.05) is 0 Å². The van der Waals surface area contributed by atoms with E-state index in [-0.39, 0.29) is 6.10 Å². The third-order valence-corrected chi connectivity index (χ3v) is 2.94. The molecule has 1 aromatic heterocycles. The Bertz CT molecular complexity index is 476. The van der Waals surface area contributed by atoms with Crippen LogP contribution < -0.4 is 0 Å². The first-order chi connectivity index (χ1) is 7.34. The summed E-state index contributed by atoms with van der Waals surface area (Å²) in [4.78, 5) is 0. The largest absolute Gasteiger partial charge is 0.388 e. The summed E-state index contributed by atoms with van der Waals surface area (Å²) in [5.41, 5.74) is 3.38. The summed E-state index contributed by atoms with van der Waals surface area (Å²) in [6.45, 7) is 0. The van der Waals surface area contributed by atoms with Gasteiger partial charge in [0, 0.05) is 12.4 Å². The molecule has 0 saturated heterocycles. The Hall–Kier alpha value is -1.61. The Kier molecular flexibility index (Phi) is 1.86. The van der Waals surface area contributed by atoms with Crippen molar-refractivity contribution < 1.29 is 5.11 Å². The second-order valence-corrected chi connectivity index (χ2v) is 3.89. The fraction of sp³-hybridized carbons (Fsp3) is 0.250. The minimum atomic E-state index is -0.272. The summed E-state index contributed by atoms with van der Waals surface area (Å²) < 4.78 is 1.84. The van der Waals surface area contributed by atoms with Crippen molar-refractivity contribution in [1.82, 2.24) is 9.78 Å². The highest BCUT2D eigenvalue weighted by atomic mass is 16.3. The molecule has 2 aromatic rings. The van der Waals surface area contributed by atoms with Gasteiger partial charge in [0.25, 0.3) is 0 Å². The summed E-state index contributed by atoms with van der Waals surface area (Å²) in [7, 11) is 0. The molecule has 1 heterocycles. The van der Waals surface area contributed by atoms with E-state index >= 15 is 0 Å². The maximum atomic E-state index is 9.68. The van der Waals surface area contributed by atoms with Gasteiger partial charge in [-0.3, -0.25) is 0 Å². The second kappa shape index (κ2) is 3.21. The smallest absolute Gasteiger partial charge is 0.0795 e. The predicted molar refractivity (Wildman–Crippen MR) is 56.8 cm³/mol. The van der Waals surface area contributed by atoms with Gasteiger partial charge < -0.3 is 5.11 Å². The normalized spacial score (nSPS) is 19.1. The fourth-order valence-corrected chi connectivity index (χ4v) is 2.15. The molecular weight excluding hydrogens is 188 g/mol. The third-order valence-electron chi connectivity index (χ3n) is 2.94. The van der Waals surface area contributed by atoms with Gasteiger partial charge in [-0.15, -0.1) is 0 Å². The fourth-order valence-electron chi connectivity index (χ4n) is 2.15. The Labute approximate surface area is 88.0 Å². The Morgan fingerprint density at radius 2 is 2.33 bits per heavy atom. The number of aryl methyl sites for hydroxylation is 1. The van der Waals surface area contributed by atoms with E-state index in [1.54, 1.807) is 6.20 Å². The van der Waals surface area contributed by atoms with Crippen molar-refractivity contribution in [3.8, 4) is 5.69 Å². The number of fused-ring (bicyclic) bond motifs is 1. The average molecular weight is 200 g/mol. The molecule has 76 valence electrons. The van der Waals surface area contributed by atoms with E-state index in [1.165, 1.54) is 5.56 Å². The first-order valence-electron chi connectivity index (χ1n) is 5.15. The number of nitrogens with zero attached hydrogens (tertiary/aromatic N) is 2. The van der Waals surface area contributed by atoms with Gasteiger partial charge in [0.15, 0.2) is 0 Å². The number of hydrogen-bond donors (Lipinski definition) is 1. The minimum absolute atomic E-state index is 0.272. The average Bonchev–Trinajstić information content (AvgIpc) is 2.88. The molecule has 1 aliphatic carbocycles. The van der Waals surface area contributed by atoms with Gasteiger partial charge in [0.2, 0.25) is 0 Å². The quantitative estimate of drug-likeness (QED) is 0.763. The van der Waals surface area contributed by atoms with E-state index in [9.17, 15) is 5.11 Å². The molecule has 15 heavy (non-hydrogen) atoms. The molecule has 1 N–H and O–H groups in total. The molecule has 3 heteroatoms. The van der Waals surface area contributed by atoms with Crippen LogP contribution in [0.5, 0.6) is 0 Å². The highest BCUT2D eigenvalue weighted by Gasteiger charge is 2.20. The predicted octanol–water partition coefficient (Wildman–Crippen LogP) is 1.85. The molecule has 0 fully saturated rings. The molecule has 0 saturated carbocycles. The highest BCUT2D eigenvalue weighted by Crippen LogP contribution is 2.31. The lowest BCUT2D eigenvalue weighted by Crippen LogP contribution is -1.96. The lowest BCUT2D eigenvalue weighted by Gasteiger charge is -2.06. The number of aliphatic hydroxyl groups excluding tert-OH is 1. The summed E-state index contributed by atoms with van der Waals surface area (Å²) in [6, 6.07) is 8.02. The summed E-state index contributed by atoms with van der Waals surface area (Å²) in [5, 5.41) is 13.9. The van der Waals surface area contributed by atoms with Crippen molar-refractivity contribution >= 4 is 0 Å². The van der Waals surface area contributed by atoms with Crippen LogP contribution in [0, 0.1) is 0 Å². The van der Waals surface area contributed by atoms with Crippen LogP contribution in [0.3, 0.4) is 0 Å². The van der Waals surface area contributed by atoms with Gasteiger partial charge in [-0.25, -0.2) is 4.68 Å². The minimum Gasteiger partial charge on any atom is -0.388 e. The van der Waals surface area contributed by atoms with E-state index in [0.29, 0.717) is 0 Å². The van der Waals surface area contributed by atoms with Gasteiger partial charge >= 0.3 is 0 Å². The number of aliphatic hydroxyl groups is 1. The molecule has 0 bridgehead atoms. The van der Waals surface area contributed by atoms with Crippen LogP contribution in [0.15, 0.2) is 36.7 Å². The molecule has 3 nitrogen and oxygen atoms in total. The van der Waals surface area contributed by atoms with Gasteiger partial charge in [0.1, 0.15) is 0 Å². The SMILES string of the molecule is OC1CCc2cc(-n3cccn3)ccc21. The van der Waals surface area contributed by atoms with Gasteiger partial charge in [-0.05, 0) is 42.2 Å². The first-order valence-corrected chi connectivity index (χ1v) is 5.15. The van der Waals surface area contributed by atoms with Crippen LogP contribution in [-0.2, 0) is 6.42 Å². The van der Waals surface area contributed by atoms with Gasteiger partial charge in [-0.2, -0.15) is 5.10 Å². The lowest BCUT2D eigenvalue weighted by molar-refractivity contribution is 0.180. The standard InChI is InChI=1S/C12H12N2O/c15-12-5-2-9-8-10(3-4-11(9)12)14-7-1-6-13-14/h1,3-4,6-8,12,15H,2,5H2. The van der Waals surface area contributed by atoms with E-state index in [4.69, 9.17) is 0 Å². The van der Waals surface area contributed by atoms with Crippen molar-refractivity contribution in [3.63, 3.8) is 0 Å². The zero-order valence-corrected chi connectivity index (χ0v) is 8.30. The van der Waals surface area contributed by atoms with Crippen LogP contribution in [0.2, 0.25) is 0 Å². The Balaban J connectivity index is 2.07. The van der Waals surface area contributed by atoms with E-state index < -0.39 is 0 Å². The number of aromatic nitrogens is 2. The molecule has 3 rings (SSSR count). The van der Waals surface area contributed by atoms with Crippen LogP contribution in [0.25, 0.3) is 5.69 Å². The molecule has 1 aliphatic rings. The summed E-state index contributed by atoms with van der Waals surface area (Å²) in [5.74, 6) is 0. The number of benzene rings is 1. The van der Waals surface area contributed by atoms with Crippen molar-refractivity contribution in [1.29, 1.82) is 0 Å². The Morgan fingerprint density at radius 1 is 1.40 bits per heavy atom. The van der Waals surface area contributed by atoms with Crippen molar-refractivity contribution in [2.45, 2.75) is 18.9 Å². The highest BCUT2D eigenvalue weighted by molar-refractivity contribution is 5.43. The third kappa shape index (κ3) is 1.36. The van der Waals surface area contributed by atoms with Crippen molar-refractivity contribution in [3.05, 3.63) is 47.8 Å². The molecule has 1 aromatic carbocycles. The second-order valence-electron chi connectivity index (χ2n) is 3.89. The van der Waals surface area contributed by atoms with E-state index in [1.807, 2.05) is 29.1 Å². The molecule has 0 radical (unpaired) electrons. The monoisotopic (exact) mass is 200 g/mol.